The van der Waals surface area contributed by atoms with Crippen LogP contribution in [0.3, 0.4) is 0 Å². The smallest absolute Gasteiger partial charge is 0.416 e. The number of piperidine rings is 1. The lowest BCUT2D eigenvalue weighted by atomic mass is 10.1. The van der Waals surface area contributed by atoms with Crippen LogP contribution in [0.15, 0.2) is 52.9 Å². The first-order chi connectivity index (χ1) is 13.5. The molecule has 0 N–H and O–H groups in total. The first-order valence-corrected chi connectivity index (χ1v) is 9.34. The molecule has 4 nitrogen and oxygen atoms in total. The van der Waals surface area contributed by atoms with E-state index in [1.165, 1.54) is 6.07 Å². The maximum atomic E-state index is 13.2. The molecule has 1 aliphatic heterocycles. The van der Waals surface area contributed by atoms with E-state index in [0.29, 0.717) is 22.9 Å². The maximum absolute atomic E-state index is 13.2. The fraction of sp³-hybridized carbons (Fsp3) is 0.286. The summed E-state index contributed by atoms with van der Waals surface area (Å²) in [7, 11) is 0. The normalized spacial score (nSPS) is 15.6. The standard InChI is InChI=1S/C21H18F3N3O/c22-21(23,24)15-8-9-17-16(13-15)25-20(26-10-4-1-5-11-26)27(17)19-12-14-6-2-3-7-18(14)28-19/h2-3,6-9,12-13H,1,4-5,10-11H2. The third-order valence-corrected chi connectivity index (χ3v) is 5.24. The molecule has 7 heteroatoms. The number of benzene rings is 2. The Hall–Kier alpha value is -2.96. The predicted octanol–water partition coefficient (Wildman–Crippen LogP) is 5.78. The number of rotatable bonds is 2. The molecule has 0 saturated carbocycles. The van der Waals surface area contributed by atoms with Crippen molar-refractivity contribution in [3.05, 3.63) is 54.1 Å². The van der Waals surface area contributed by atoms with Crippen molar-refractivity contribution in [3.8, 4) is 5.88 Å². The highest BCUT2D eigenvalue weighted by molar-refractivity contribution is 5.85. The van der Waals surface area contributed by atoms with Gasteiger partial charge in [0.15, 0.2) is 0 Å². The molecule has 0 atom stereocenters. The molecular formula is C21H18F3N3O. The average Bonchev–Trinajstić information content (AvgIpc) is 3.28. The lowest BCUT2D eigenvalue weighted by molar-refractivity contribution is -0.137. The zero-order valence-electron chi connectivity index (χ0n) is 15.0. The van der Waals surface area contributed by atoms with Crippen LogP contribution < -0.4 is 4.90 Å². The van der Waals surface area contributed by atoms with Crippen molar-refractivity contribution in [2.75, 3.05) is 18.0 Å². The van der Waals surface area contributed by atoms with E-state index in [2.05, 4.69) is 9.88 Å². The summed E-state index contributed by atoms with van der Waals surface area (Å²) in [5, 5.41) is 0.941. The quantitative estimate of drug-likeness (QED) is 0.439. The Balaban J connectivity index is 1.74. The van der Waals surface area contributed by atoms with Gasteiger partial charge in [0, 0.05) is 24.5 Å². The van der Waals surface area contributed by atoms with Crippen LogP contribution in [0.25, 0.3) is 27.9 Å². The van der Waals surface area contributed by atoms with Crippen molar-refractivity contribution in [2.45, 2.75) is 25.4 Å². The number of para-hydroxylation sites is 1. The van der Waals surface area contributed by atoms with Crippen molar-refractivity contribution in [2.24, 2.45) is 0 Å². The molecule has 144 valence electrons. The summed E-state index contributed by atoms with van der Waals surface area (Å²) in [6.07, 6.45) is -1.17. The van der Waals surface area contributed by atoms with Crippen LogP contribution in [0.1, 0.15) is 24.8 Å². The molecule has 2 aromatic heterocycles. The minimum atomic E-state index is -4.40. The predicted molar refractivity (Wildman–Crippen MR) is 102 cm³/mol. The second-order valence-corrected chi connectivity index (χ2v) is 7.12. The highest BCUT2D eigenvalue weighted by atomic mass is 19.4. The highest BCUT2D eigenvalue weighted by Crippen LogP contribution is 2.35. The summed E-state index contributed by atoms with van der Waals surface area (Å²) in [6, 6.07) is 13.2. The van der Waals surface area contributed by atoms with Gasteiger partial charge >= 0.3 is 6.18 Å². The van der Waals surface area contributed by atoms with E-state index in [4.69, 9.17) is 4.42 Å². The zero-order valence-corrected chi connectivity index (χ0v) is 15.0. The van der Waals surface area contributed by atoms with Gasteiger partial charge in [-0.15, -0.1) is 0 Å². The van der Waals surface area contributed by atoms with Crippen molar-refractivity contribution in [3.63, 3.8) is 0 Å². The number of anilines is 1. The van der Waals surface area contributed by atoms with Crippen LogP contribution in [-0.4, -0.2) is 22.6 Å². The van der Waals surface area contributed by atoms with Crippen molar-refractivity contribution in [1.82, 2.24) is 9.55 Å². The van der Waals surface area contributed by atoms with Gasteiger partial charge < -0.3 is 9.32 Å². The number of alkyl halides is 3. The summed E-state index contributed by atoms with van der Waals surface area (Å²) in [5.41, 5.74) is 0.957. The van der Waals surface area contributed by atoms with E-state index < -0.39 is 11.7 Å². The number of aromatic nitrogens is 2. The van der Waals surface area contributed by atoms with E-state index >= 15 is 0 Å². The van der Waals surface area contributed by atoms with Crippen LogP contribution in [0.5, 0.6) is 0 Å². The fourth-order valence-corrected chi connectivity index (χ4v) is 3.85. The van der Waals surface area contributed by atoms with Gasteiger partial charge in [-0.25, -0.2) is 9.55 Å². The topological polar surface area (TPSA) is 34.2 Å². The molecule has 0 unspecified atom stereocenters. The molecule has 3 heterocycles. The summed E-state index contributed by atoms with van der Waals surface area (Å²) in [5.74, 6) is 1.19. The number of hydrogen-bond donors (Lipinski definition) is 0. The minimum absolute atomic E-state index is 0.316. The monoisotopic (exact) mass is 385 g/mol. The van der Waals surface area contributed by atoms with E-state index in [9.17, 15) is 13.2 Å². The Kier molecular flexibility index (Phi) is 3.86. The molecular weight excluding hydrogens is 367 g/mol. The largest absolute Gasteiger partial charge is 0.440 e. The fourth-order valence-electron chi connectivity index (χ4n) is 3.85. The zero-order chi connectivity index (χ0) is 19.3. The second-order valence-electron chi connectivity index (χ2n) is 7.12. The molecule has 0 spiro atoms. The number of imidazole rings is 1. The Bertz CT molecular complexity index is 1120. The first kappa shape index (κ1) is 17.2. The van der Waals surface area contributed by atoms with Gasteiger partial charge in [-0.1, -0.05) is 18.2 Å². The van der Waals surface area contributed by atoms with Crippen LogP contribution >= 0.6 is 0 Å². The Morgan fingerprint density at radius 3 is 2.46 bits per heavy atom. The van der Waals surface area contributed by atoms with Gasteiger partial charge in [-0.2, -0.15) is 13.2 Å². The number of hydrogen-bond acceptors (Lipinski definition) is 3. The Morgan fingerprint density at radius 2 is 1.71 bits per heavy atom. The molecule has 0 aliphatic carbocycles. The van der Waals surface area contributed by atoms with Gasteiger partial charge in [-0.05, 0) is 43.5 Å². The lowest BCUT2D eigenvalue weighted by Gasteiger charge is -2.27. The SMILES string of the molecule is FC(F)(F)c1ccc2c(c1)nc(N1CCCCC1)n2-c1cc2ccccc2o1. The van der Waals surface area contributed by atoms with Crippen molar-refractivity contribution in [1.29, 1.82) is 0 Å². The first-order valence-electron chi connectivity index (χ1n) is 9.34. The molecule has 28 heavy (non-hydrogen) atoms. The number of halogens is 3. The highest BCUT2D eigenvalue weighted by Gasteiger charge is 2.32. The summed E-state index contributed by atoms with van der Waals surface area (Å²) < 4.78 is 47.4. The van der Waals surface area contributed by atoms with Crippen LogP contribution in [0.4, 0.5) is 19.1 Å². The van der Waals surface area contributed by atoms with Crippen molar-refractivity contribution < 1.29 is 17.6 Å². The molecule has 5 rings (SSSR count). The minimum Gasteiger partial charge on any atom is -0.440 e. The van der Waals surface area contributed by atoms with E-state index in [1.807, 2.05) is 34.9 Å². The summed E-state index contributed by atoms with van der Waals surface area (Å²) in [4.78, 5) is 6.71. The van der Waals surface area contributed by atoms with E-state index in [-0.39, 0.29) is 0 Å². The third-order valence-electron chi connectivity index (χ3n) is 5.24. The summed E-state index contributed by atoms with van der Waals surface area (Å²) in [6.45, 7) is 1.66. The molecule has 0 amide bonds. The molecule has 4 aromatic rings. The molecule has 0 bridgehead atoms. The molecule has 1 fully saturated rings. The van der Waals surface area contributed by atoms with Crippen molar-refractivity contribution >= 4 is 28.0 Å². The maximum Gasteiger partial charge on any atom is 0.416 e. The molecule has 0 radical (unpaired) electrons. The number of fused-ring (bicyclic) bond motifs is 2. The van der Waals surface area contributed by atoms with Crippen LogP contribution in [0, 0.1) is 0 Å². The van der Waals surface area contributed by atoms with Gasteiger partial charge in [0.2, 0.25) is 11.8 Å². The molecule has 1 saturated heterocycles. The summed E-state index contributed by atoms with van der Waals surface area (Å²) >= 11 is 0. The number of nitrogens with zero attached hydrogens (tertiary/aromatic N) is 3. The lowest BCUT2D eigenvalue weighted by Crippen LogP contribution is -2.31. The van der Waals surface area contributed by atoms with Gasteiger partial charge in [0.1, 0.15) is 5.58 Å². The third kappa shape index (κ3) is 2.82. The van der Waals surface area contributed by atoms with Gasteiger partial charge in [0.25, 0.3) is 0 Å². The van der Waals surface area contributed by atoms with Crippen LogP contribution in [0.2, 0.25) is 0 Å². The molecule has 1 aliphatic rings. The van der Waals surface area contributed by atoms with Crippen LogP contribution in [-0.2, 0) is 6.18 Å². The van der Waals surface area contributed by atoms with Gasteiger partial charge in [0.05, 0.1) is 16.6 Å². The molecule has 2 aromatic carbocycles. The van der Waals surface area contributed by atoms with E-state index in [1.54, 1.807) is 0 Å². The Morgan fingerprint density at radius 1 is 0.929 bits per heavy atom. The number of furan rings is 1. The van der Waals surface area contributed by atoms with E-state index in [0.717, 1.165) is 55.5 Å². The Labute approximate surface area is 159 Å². The van der Waals surface area contributed by atoms with Gasteiger partial charge in [-0.3, -0.25) is 0 Å². The average molecular weight is 385 g/mol. The second kappa shape index (κ2) is 6.29.